The molecule has 1 aromatic carbocycles. The van der Waals surface area contributed by atoms with Crippen LogP contribution in [0.5, 0.6) is 0 Å². The quantitative estimate of drug-likeness (QED) is 0.898. The molecular formula is C12H16BrFN2. The summed E-state index contributed by atoms with van der Waals surface area (Å²) in [6, 6.07) is 3.49. The number of nitrogens with zero attached hydrogens (tertiary/aromatic N) is 1. The molecule has 1 aliphatic heterocycles. The molecule has 0 saturated carbocycles. The Kier molecular flexibility index (Phi) is 3.95. The lowest BCUT2D eigenvalue weighted by Crippen LogP contribution is -2.43. The van der Waals surface area contributed by atoms with Gasteiger partial charge in [-0.2, -0.15) is 0 Å². The number of nitrogens with one attached hydrogen (secondary N) is 1. The van der Waals surface area contributed by atoms with Gasteiger partial charge in [-0.15, -0.1) is 0 Å². The standard InChI is InChI=1S/C12H16BrFN2/c1-9-6-10(12(14)7-11(9)13)8-16-4-2-15-3-5-16/h6-7,15H,2-5,8H2,1H3. The second-order valence-corrected chi connectivity index (χ2v) is 5.07. The summed E-state index contributed by atoms with van der Waals surface area (Å²) >= 11 is 3.34. The fourth-order valence-electron chi connectivity index (χ4n) is 1.95. The van der Waals surface area contributed by atoms with Gasteiger partial charge in [0.1, 0.15) is 5.82 Å². The molecule has 16 heavy (non-hydrogen) atoms. The molecule has 0 spiro atoms. The van der Waals surface area contributed by atoms with Gasteiger partial charge in [-0.3, -0.25) is 4.90 Å². The smallest absolute Gasteiger partial charge is 0.128 e. The number of hydrogen-bond acceptors (Lipinski definition) is 2. The number of rotatable bonds is 2. The molecule has 4 heteroatoms. The number of piperazine rings is 1. The zero-order valence-corrected chi connectivity index (χ0v) is 11.0. The first-order valence-corrected chi connectivity index (χ1v) is 6.34. The highest BCUT2D eigenvalue weighted by molar-refractivity contribution is 9.10. The molecular weight excluding hydrogens is 271 g/mol. The van der Waals surface area contributed by atoms with Crippen LogP contribution < -0.4 is 5.32 Å². The topological polar surface area (TPSA) is 15.3 Å². The van der Waals surface area contributed by atoms with E-state index in [-0.39, 0.29) is 5.82 Å². The molecule has 1 N–H and O–H groups in total. The molecule has 88 valence electrons. The van der Waals surface area contributed by atoms with Crippen LogP contribution in [0.4, 0.5) is 4.39 Å². The fraction of sp³-hybridized carbons (Fsp3) is 0.500. The van der Waals surface area contributed by atoms with Crippen molar-refractivity contribution in [1.29, 1.82) is 0 Å². The molecule has 1 aromatic rings. The average molecular weight is 287 g/mol. The molecule has 0 radical (unpaired) electrons. The molecule has 0 unspecified atom stereocenters. The first-order valence-electron chi connectivity index (χ1n) is 5.54. The zero-order valence-electron chi connectivity index (χ0n) is 9.39. The predicted octanol–water partition coefficient (Wildman–Crippen LogP) is 2.30. The minimum Gasteiger partial charge on any atom is -0.314 e. The van der Waals surface area contributed by atoms with Crippen molar-refractivity contribution in [3.63, 3.8) is 0 Å². The van der Waals surface area contributed by atoms with Crippen LogP contribution in [0.25, 0.3) is 0 Å². The molecule has 1 fully saturated rings. The normalized spacial score (nSPS) is 17.7. The summed E-state index contributed by atoms with van der Waals surface area (Å²) in [6.07, 6.45) is 0. The predicted molar refractivity (Wildman–Crippen MR) is 67.0 cm³/mol. The van der Waals surface area contributed by atoms with Crippen molar-refractivity contribution >= 4 is 15.9 Å². The summed E-state index contributed by atoms with van der Waals surface area (Å²) in [5.41, 5.74) is 1.88. The monoisotopic (exact) mass is 286 g/mol. The Labute approximate surface area is 104 Å². The summed E-state index contributed by atoms with van der Waals surface area (Å²) in [5.74, 6) is -0.115. The minimum absolute atomic E-state index is 0.115. The maximum absolute atomic E-state index is 13.7. The van der Waals surface area contributed by atoms with Crippen LogP contribution in [-0.2, 0) is 6.54 Å². The highest BCUT2D eigenvalue weighted by Gasteiger charge is 2.13. The Balaban J connectivity index is 2.11. The van der Waals surface area contributed by atoms with Crippen molar-refractivity contribution in [2.24, 2.45) is 0 Å². The highest BCUT2D eigenvalue weighted by Crippen LogP contribution is 2.21. The van der Waals surface area contributed by atoms with Crippen LogP contribution >= 0.6 is 15.9 Å². The van der Waals surface area contributed by atoms with Gasteiger partial charge in [0.2, 0.25) is 0 Å². The Morgan fingerprint density at radius 2 is 2.06 bits per heavy atom. The van der Waals surface area contributed by atoms with Gasteiger partial charge in [0.25, 0.3) is 0 Å². The van der Waals surface area contributed by atoms with E-state index in [1.54, 1.807) is 6.07 Å². The third-order valence-corrected chi connectivity index (χ3v) is 3.79. The average Bonchev–Trinajstić information content (AvgIpc) is 2.27. The Bertz CT molecular complexity index is 376. The molecule has 0 amide bonds. The summed E-state index contributed by atoms with van der Waals surface area (Å²) in [5, 5.41) is 3.29. The molecule has 1 saturated heterocycles. The van der Waals surface area contributed by atoms with Crippen molar-refractivity contribution in [3.05, 3.63) is 33.5 Å². The Hall–Kier alpha value is -0.450. The van der Waals surface area contributed by atoms with Crippen molar-refractivity contribution in [2.75, 3.05) is 26.2 Å². The van der Waals surface area contributed by atoms with Gasteiger partial charge in [-0.1, -0.05) is 22.0 Å². The molecule has 2 rings (SSSR count). The second kappa shape index (κ2) is 5.25. The van der Waals surface area contributed by atoms with E-state index in [0.717, 1.165) is 41.8 Å². The number of halogens is 2. The van der Waals surface area contributed by atoms with Crippen LogP contribution in [0, 0.1) is 12.7 Å². The van der Waals surface area contributed by atoms with Gasteiger partial charge >= 0.3 is 0 Å². The minimum atomic E-state index is -0.115. The van der Waals surface area contributed by atoms with Crippen LogP contribution in [-0.4, -0.2) is 31.1 Å². The SMILES string of the molecule is Cc1cc(CN2CCNCC2)c(F)cc1Br. The number of benzene rings is 1. The lowest BCUT2D eigenvalue weighted by atomic mass is 10.1. The molecule has 0 atom stereocenters. The molecule has 0 aromatic heterocycles. The number of hydrogen-bond donors (Lipinski definition) is 1. The lowest BCUT2D eigenvalue weighted by Gasteiger charge is -2.27. The van der Waals surface area contributed by atoms with E-state index in [2.05, 4.69) is 26.1 Å². The molecule has 0 aliphatic carbocycles. The Morgan fingerprint density at radius 3 is 2.75 bits per heavy atom. The summed E-state index contributed by atoms with van der Waals surface area (Å²) in [6.45, 7) is 6.68. The van der Waals surface area contributed by atoms with Gasteiger partial charge in [0.15, 0.2) is 0 Å². The first-order chi connectivity index (χ1) is 7.66. The van der Waals surface area contributed by atoms with Gasteiger partial charge in [-0.05, 0) is 18.6 Å². The van der Waals surface area contributed by atoms with E-state index in [1.807, 2.05) is 13.0 Å². The van der Waals surface area contributed by atoms with E-state index < -0.39 is 0 Å². The zero-order chi connectivity index (χ0) is 11.5. The van der Waals surface area contributed by atoms with Gasteiger partial charge in [0, 0.05) is 42.8 Å². The fourth-order valence-corrected chi connectivity index (χ4v) is 2.26. The molecule has 2 nitrogen and oxygen atoms in total. The third kappa shape index (κ3) is 2.81. The van der Waals surface area contributed by atoms with Crippen LogP contribution in [0.1, 0.15) is 11.1 Å². The van der Waals surface area contributed by atoms with Crippen molar-refractivity contribution in [2.45, 2.75) is 13.5 Å². The van der Waals surface area contributed by atoms with Gasteiger partial charge in [-0.25, -0.2) is 4.39 Å². The first kappa shape index (κ1) is 12.0. The van der Waals surface area contributed by atoms with Crippen LogP contribution in [0.2, 0.25) is 0 Å². The molecule has 0 bridgehead atoms. The maximum atomic E-state index is 13.7. The third-order valence-electron chi connectivity index (χ3n) is 2.93. The van der Waals surface area contributed by atoms with Crippen molar-refractivity contribution in [3.8, 4) is 0 Å². The van der Waals surface area contributed by atoms with Gasteiger partial charge in [0.05, 0.1) is 0 Å². The van der Waals surface area contributed by atoms with Crippen molar-refractivity contribution in [1.82, 2.24) is 10.2 Å². The van der Waals surface area contributed by atoms with E-state index in [1.165, 1.54) is 0 Å². The van der Waals surface area contributed by atoms with E-state index >= 15 is 0 Å². The molecule has 1 heterocycles. The summed E-state index contributed by atoms with van der Waals surface area (Å²) in [7, 11) is 0. The largest absolute Gasteiger partial charge is 0.314 e. The van der Waals surface area contributed by atoms with Gasteiger partial charge < -0.3 is 5.32 Å². The molecule has 1 aliphatic rings. The van der Waals surface area contributed by atoms with E-state index in [4.69, 9.17) is 0 Å². The summed E-state index contributed by atoms with van der Waals surface area (Å²) < 4.78 is 14.6. The maximum Gasteiger partial charge on any atom is 0.128 e. The lowest BCUT2D eigenvalue weighted by molar-refractivity contribution is 0.230. The van der Waals surface area contributed by atoms with Crippen LogP contribution in [0.3, 0.4) is 0 Å². The highest BCUT2D eigenvalue weighted by atomic mass is 79.9. The number of aryl methyl sites for hydroxylation is 1. The van der Waals surface area contributed by atoms with E-state index in [0.29, 0.717) is 6.54 Å². The van der Waals surface area contributed by atoms with Crippen molar-refractivity contribution < 1.29 is 4.39 Å². The Morgan fingerprint density at radius 1 is 1.38 bits per heavy atom. The van der Waals surface area contributed by atoms with Crippen LogP contribution in [0.15, 0.2) is 16.6 Å². The second-order valence-electron chi connectivity index (χ2n) is 4.22. The van der Waals surface area contributed by atoms with E-state index in [9.17, 15) is 4.39 Å². The summed E-state index contributed by atoms with van der Waals surface area (Å²) in [4.78, 5) is 2.28.